The minimum absolute atomic E-state index is 0.0439. The number of rotatable bonds is 5. The van der Waals surface area contributed by atoms with Gasteiger partial charge in [0.25, 0.3) is 5.91 Å². The SMILES string of the molecule is CSc1ncc(CNC(=O)c2ccn(C(F)F)n2)n1C. The van der Waals surface area contributed by atoms with Gasteiger partial charge in [0.2, 0.25) is 0 Å². The van der Waals surface area contributed by atoms with Crippen molar-refractivity contribution in [3.63, 3.8) is 0 Å². The fourth-order valence-corrected chi connectivity index (χ4v) is 2.16. The van der Waals surface area contributed by atoms with E-state index in [0.717, 1.165) is 17.0 Å². The largest absolute Gasteiger partial charge is 0.345 e. The lowest BCUT2D eigenvalue weighted by Crippen LogP contribution is -2.24. The highest BCUT2D eigenvalue weighted by atomic mass is 32.2. The first-order chi connectivity index (χ1) is 9.52. The van der Waals surface area contributed by atoms with Crippen LogP contribution in [-0.2, 0) is 13.6 Å². The Morgan fingerprint density at radius 3 is 2.85 bits per heavy atom. The quantitative estimate of drug-likeness (QED) is 0.853. The highest BCUT2D eigenvalue weighted by Crippen LogP contribution is 2.13. The van der Waals surface area contributed by atoms with Crippen LogP contribution in [0.15, 0.2) is 23.6 Å². The second-order valence-electron chi connectivity index (χ2n) is 3.94. The Balaban J connectivity index is 1.99. The van der Waals surface area contributed by atoms with Gasteiger partial charge in [0, 0.05) is 13.2 Å². The predicted octanol–water partition coefficient (Wildman–Crippen LogP) is 1.66. The number of halogens is 2. The van der Waals surface area contributed by atoms with Crippen molar-refractivity contribution >= 4 is 17.7 Å². The molecule has 1 N–H and O–H groups in total. The number of imidazole rings is 1. The zero-order valence-corrected chi connectivity index (χ0v) is 11.7. The van der Waals surface area contributed by atoms with Gasteiger partial charge in [0.15, 0.2) is 5.16 Å². The van der Waals surface area contributed by atoms with Crippen molar-refractivity contribution < 1.29 is 13.6 Å². The second kappa shape index (κ2) is 6.04. The van der Waals surface area contributed by atoms with Gasteiger partial charge < -0.3 is 9.88 Å². The Labute approximate surface area is 118 Å². The topological polar surface area (TPSA) is 64.7 Å². The summed E-state index contributed by atoms with van der Waals surface area (Å²) in [5.74, 6) is -0.503. The first kappa shape index (κ1) is 14.5. The molecule has 9 heteroatoms. The Morgan fingerprint density at radius 2 is 2.30 bits per heavy atom. The molecule has 0 unspecified atom stereocenters. The zero-order valence-electron chi connectivity index (χ0n) is 10.9. The van der Waals surface area contributed by atoms with Crippen molar-refractivity contribution in [2.24, 2.45) is 7.05 Å². The number of carbonyl (C=O) groups is 1. The van der Waals surface area contributed by atoms with Crippen molar-refractivity contribution in [2.75, 3.05) is 6.26 Å². The molecule has 0 aromatic carbocycles. The lowest BCUT2D eigenvalue weighted by Gasteiger charge is -2.05. The van der Waals surface area contributed by atoms with Gasteiger partial charge in [-0.05, 0) is 12.3 Å². The number of carbonyl (C=O) groups excluding carboxylic acids is 1. The number of aromatic nitrogens is 4. The van der Waals surface area contributed by atoms with Crippen LogP contribution < -0.4 is 5.32 Å². The molecule has 0 fully saturated rings. The molecule has 0 aliphatic heterocycles. The molecule has 0 aliphatic rings. The van der Waals surface area contributed by atoms with E-state index >= 15 is 0 Å². The molecule has 0 saturated carbocycles. The van der Waals surface area contributed by atoms with Gasteiger partial charge >= 0.3 is 6.55 Å². The molecule has 2 rings (SSSR count). The third-order valence-corrected chi connectivity index (χ3v) is 3.44. The van der Waals surface area contributed by atoms with E-state index in [9.17, 15) is 13.6 Å². The Kier molecular flexibility index (Phi) is 4.38. The van der Waals surface area contributed by atoms with E-state index in [-0.39, 0.29) is 12.2 Å². The van der Waals surface area contributed by atoms with Crippen LogP contribution in [0.5, 0.6) is 0 Å². The van der Waals surface area contributed by atoms with Crippen molar-refractivity contribution in [3.05, 3.63) is 29.8 Å². The first-order valence-electron chi connectivity index (χ1n) is 5.69. The van der Waals surface area contributed by atoms with E-state index in [1.807, 2.05) is 17.9 Å². The van der Waals surface area contributed by atoms with Gasteiger partial charge in [-0.1, -0.05) is 11.8 Å². The number of alkyl halides is 2. The van der Waals surface area contributed by atoms with Crippen LogP contribution in [-0.4, -0.2) is 31.5 Å². The van der Waals surface area contributed by atoms with E-state index in [4.69, 9.17) is 0 Å². The van der Waals surface area contributed by atoms with Crippen LogP contribution in [0.4, 0.5) is 8.78 Å². The number of nitrogens with one attached hydrogen (secondary N) is 1. The summed E-state index contributed by atoms with van der Waals surface area (Å²) in [5.41, 5.74) is 0.772. The standard InChI is InChI=1S/C11H13F2N5OS/c1-17-7(6-15-11(17)20-2)5-14-9(19)8-3-4-18(16-8)10(12)13/h3-4,6,10H,5H2,1-2H3,(H,14,19). The molecule has 0 radical (unpaired) electrons. The molecule has 0 aliphatic carbocycles. The minimum atomic E-state index is -2.75. The maximum absolute atomic E-state index is 12.3. The van der Waals surface area contributed by atoms with Crippen molar-refractivity contribution in [1.29, 1.82) is 0 Å². The van der Waals surface area contributed by atoms with Gasteiger partial charge in [0.1, 0.15) is 5.69 Å². The summed E-state index contributed by atoms with van der Waals surface area (Å²) in [4.78, 5) is 15.9. The molecule has 20 heavy (non-hydrogen) atoms. The second-order valence-corrected chi connectivity index (χ2v) is 4.71. The van der Waals surface area contributed by atoms with Gasteiger partial charge in [0.05, 0.1) is 18.4 Å². The summed E-state index contributed by atoms with van der Waals surface area (Å²) in [6.07, 6.45) is 4.63. The van der Waals surface area contributed by atoms with E-state index < -0.39 is 12.5 Å². The molecule has 2 aromatic rings. The van der Waals surface area contributed by atoms with E-state index in [1.165, 1.54) is 17.8 Å². The van der Waals surface area contributed by atoms with Gasteiger partial charge in [-0.2, -0.15) is 13.9 Å². The molecule has 2 heterocycles. The van der Waals surface area contributed by atoms with Crippen molar-refractivity contribution in [3.8, 4) is 0 Å². The number of thioether (sulfide) groups is 1. The highest BCUT2D eigenvalue weighted by Gasteiger charge is 2.14. The summed E-state index contributed by atoms with van der Waals surface area (Å²) in [6.45, 7) is -2.50. The normalized spacial score (nSPS) is 11.1. The number of hydrogen-bond acceptors (Lipinski definition) is 4. The van der Waals surface area contributed by atoms with Gasteiger partial charge in [-0.15, -0.1) is 0 Å². The molecular formula is C11H13F2N5OS. The number of amides is 1. The zero-order chi connectivity index (χ0) is 14.7. The summed E-state index contributed by atoms with van der Waals surface area (Å²) >= 11 is 1.49. The number of nitrogens with zero attached hydrogens (tertiary/aromatic N) is 4. The van der Waals surface area contributed by atoms with Crippen LogP contribution >= 0.6 is 11.8 Å². The molecule has 6 nitrogen and oxygen atoms in total. The molecule has 0 bridgehead atoms. The predicted molar refractivity (Wildman–Crippen MR) is 69.6 cm³/mol. The molecule has 2 aromatic heterocycles. The van der Waals surface area contributed by atoms with Crippen LogP contribution in [0, 0.1) is 0 Å². The fraction of sp³-hybridized carbons (Fsp3) is 0.364. The molecule has 0 spiro atoms. The van der Waals surface area contributed by atoms with Crippen molar-refractivity contribution in [2.45, 2.75) is 18.3 Å². The maximum Gasteiger partial charge on any atom is 0.333 e. The van der Waals surface area contributed by atoms with E-state index in [1.54, 1.807) is 6.20 Å². The lowest BCUT2D eigenvalue weighted by molar-refractivity contribution is 0.0560. The van der Waals surface area contributed by atoms with Crippen LogP contribution in [0.3, 0.4) is 0 Å². The third-order valence-electron chi connectivity index (χ3n) is 2.70. The van der Waals surface area contributed by atoms with Gasteiger partial charge in [-0.25, -0.2) is 9.67 Å². The molecular weight excluding hydrogens is 288 g/mol. The highest BCUT2D eigenvalue weighted by molar-refractivity contribution is 7.98. The Hall–Kier alpha value is -1.90. The van der Waals surface area contributed by atoms with Crippen LogP contribution in [0.2, 0.25) is 0 Å². The third kappa shape index (κ3) is 2.98. The van der Waals surface area contributed by atoms with E-state index in [0.29, 0.717) is 4.68 Å². The van der Waals surface area contributed by atoms with Crippen LogP contribution in [0.25, 0.3) is 0 Å². The minimum Gasteiger partial charge on any atom is -0.345 e. The monoisotopic (exact) mass is 301 g/mol. The van der Waals surface area contributed by atoms with Crippen molar-refractivity contribution in [1.82, 2.24) is 24.6 Å². The van der Waals surface area contributed by atoms with Gasteiger partial charge in [-0.3, -0.25) is 4.79 Å². The average molecular weight is 301 g/mol. The first-order valence-corrected chi connectivity index (χ1v) is 6.91. The Bertz CT molecular complexity index is 610. The summed E-state index contributed by atoms with van der Waals surface area (Å²) < 4.78 is 27.0. The molecule has 0 saturated heterocycles. The summed E-state index contributed by atoms with van der Waals surface area (Å²) in [6, 6.07) is 1.25. The summed E-state index contributed by atoms with van der Waals surface area (Å²) in [7, 11) is 1.84. The van der Waals surface area contributed by atoms with E-state index in [2.05, 4.69) is 15.4 Å². The molecule has 1 amide bonds. The Morgan fingerprint density at radius 1 is 1.55 bits per heavy atom. The number of hydrogen-bond donors (Lipinski definition) is 1. The van der Waals surface area contributed by atoms with Crippen LogP contribution in [0.1, 0.15) is 22.7 Å². The summed E-state index contributed by atoms with van der Waals surface area (Å²) in [5, 5.41) is 6.94. The maximum atomic E-state index is 12.3. The molecule has 108 valence electrons. The molecule has 0 atom stereocenters. The lowest BCUT2D eigenvalue weighted by atomic mass is 10.4. The average Bonchev–Trinajstić information content (AvgIpc) is 3.03. The fourth-order valence-electron chi connectivity index (χ4n) is 1.61. The smallest absolute Gasteiger partial charge is 0.333 e.